The molecular weight excluding hydrogens is 158 g/mol. The van der Waals surface area contributed by atoms with Crippen molar-refractivity contribution in [3.8, 4) is 0 Å². The minimum Gasteiger partial charge on any atom is -0.423 e. The van der Waals surface area contributed by atoms with Crippen molar-refractivity contribution in [1.29, 1.82) is 0 Å². The van der Waals surface area contributed by atoms with Gasteiger partial charge in [-0.05, 0) is 6.92 Å². The summed E-state index contributed by atoms with van der Waals surface area (Å²) >= 11 is 0. The van der Waals surface area contributed by atoms with Crippen molar-refractivity contribution in [1.82, 2.24) is 9.61 Å². The van der Waals surface area contributed by atoms with Crippen LogP contribution in [0.5, 0.6) is 0 Å². The lowest BCUT2D eigenvalue weighted by Gasteiger charge is -1.91. The number of anilines is 1. The monoisotopic (exact) mass is 165 g/mol. The molecule has 0 bridgehead atoms. The van der Waals surface area contributed by atoms with Crippen LogP contribution in [0.2, 0.25) is 0 Å². The molecule has 0 aliphatic heterocycles. The predicted molar refractivity (Wildman–Crippen MR) is 42.9 cm³/mol. The van der Waals surface area contributed by atoms with Gasteiger partial charge in [0.2, 0.25) is 5.71 Å². The first kappa shape index (κ1) is 6.90. The van der Waals surface area contributed by atoms with Gasteiger partial charge in [-0.15, -0.1) is 0 Å². The first-order valence-electron chi connectivity index (χ1n) is 3.43. The number of fused-ring (bicyclic) bond motifs is 1. The van der Waals surface area contributed by atoms with Gasteiger partial charge >= 0.3 is 0 Å². The van der Waals surface area contributed by atoms with E-state index in [1.807, 2.05) is 0 Å². The van der Waals surface area contributed by atoms with Gasteiger partial charge in [0.05, 0.1) is 11.8 Å². The molecule has 2 rings (SSSR count). The lowest BCUT2D eigenvalue weighted by molar-refractivity contribution is 0.582. The fourth-order valence-electron chi connectivity index (χ4n) is 1.04. The molecule has 5 heteroatoms. The highest BCUT2D eigenvalue weighted by Gasteiger charge is 2.03. The second-order valence-corrected chi connectivity index (χ2v) is 2.52. The van der Waals surface area contributed by atoms with Crippen molar-refractivity contribution >= 4 is 11.6 Å². The summed E-state index contributed by atoms with van der Waals surface area (Å²) in [5, 5.41) is 3.91. The van der Waals surface area contributed by atoms with Crippen LogP contribution in [0.15, 0.2) is 21.3 Å². The molecule has 0 unspecified atom stereocenters. The summed E-state index contributed by atoms with van der Waals surface area (Å²) in [5.41, 5.74) is 6.15. The molecule has 2 aromatic rings. The normalized spacial score (nSPS) is 10.8. The largest absolute Gasteiger partial charge is 0.423 e. The molecule has 5 nitrogen and oxygen atoms in total. The Balaban J connectivity index is 2.98. The Labute approximate surface area is 67.4 Å². The highest BCUT2D eigenvalue weighted by molar-refractivity contribution is 5.38. The van der Waals surface area contributed by atoms with Gasteiger partial charge in [-0.25, -0.2) is 0 Å². The second kappa shape index (κ2) is 2.10. The van der Waals surface area contributed by atoms with Crippen LogP contribution in [-0.4, -0.2) is 9.61 Å². The number of rotatable bonds is 0. The minimum absolute atomic E-state index is 0.104. The molecule has 0 aliphatic rings. The third-order valence-corrected chi connectivity index (χ3v) is 1.50. The SMILES string of the molecule is Cc1cc2oc(N)cc(=O)n2n1. The molecule has 0 saturated carbocycles. The molecule has 0 spiro atoms. The number of nitrogens with two attached hydrogens (primary N) is 1. The van der Waals surface area contributed by atoms with Crippen molar-refractivity contribution in [3.05, 3.63) is 28.2 Å². The standard InChI is InChI=1S/C7H7N3O2/c1-4-2-7-10(9-4)6(11)3-5(8)12-7/h2-3H,8H2,1H3. The van der Waals surface area contributed by atoms with E-state index < -0.39 is 0 Å². The molecule has 0 aromatic carbocycles. The van der Waals surface area contributed by atoms with Gasteiger partial charge in [0, 0.05) is 6.07 Å². The van der Waals surface area contributed by atoms with Crippen LogP contribution in [0.4, 0.5) is 5.88 Å². The van der Waals surface area contributed by atoms with Crippen molar-refractivity contribution in [2.75, 3.05) is 5.73 Å². The first-order chi connectivity index (χ1) is 5.66. The third-order valence-electron chi connectivity index (χ3n) is 1.50. The summed E-state index contributed by atoms with van der Waals surface area (Å²) in [5.74, 6) is 0.104. The summed E-state index contributed by atoms with van der Waals surface area (Å²) < 4.78 is 6.21. The molecule has 0 saturated heterocycles. The van der Waals surface area contributed by atoms with Gasteiger partial charge in [-0.2, -0.15) is 9.61 Å². The summed E-state index contributed by atoms with van der Waals surface area (Å²) in [6, 6.07) is 2.84. The summed E-state index contributed by atoms with van der Waals surface area (Å²) in [6.45, 7) is 1.78. The highest BCUT2D eigenvalue weighted by Crippen LogP contribution is 2.06. The van der Waals surface area contributed by atoms with E-state index in [4.69, 9.17) is 10.2 Å². The lowest BCUT2D eigenvalue weighted by atomic mass is 10.5. The number of aryl methyl sites for hydroxylation is 1. The lowest BCUT2D eigenvalue weighted by Crippen LogP contribution is -2.13. The molecule has 0 radical (unpaired) electrons. The smallest absolute Gasteiger partial charge is 0.279 e. The Morgan fingerprint density at radius 3 is 3.08 bits per heavy atom. The molecule has 62 valence electrons. The topological polar surface area (TPSA) is 73.5 Å². The van der Waals surface area contributed by atoms with E-state index in [1.165, 1.54) is 10.6 Å². The predicted octanol–water partition coefficient (Wildman–Crippen LogP) is 0.178. The zero-order valence-corrected chi connectivity index (χ0v) is 6.44. The van der Waals surface area contributed by atoms with Crippen LogP contribution in [-0.2, 0) is 0 Å². The number of aromatic nitrogens is 2. The molecule has 12 heavy (non-hydrogen) atoms. The van der Waals surface area contributed by atoms with Crippen molar-refractivity contribution < 1.29 is 4.42 Å². The first-order valence-corrected chi connectivity index (χ1v) is 3.43. The Kier molecular flexibility index (Phi) is 1.21. The van der Waals surface area contributed by atoms with E-state index >= 15 is 0 Å². The van der Waals surface area contributed by atoms with Crippen molar-refractivity contribution in [3.63, 3.8) is 0 Å². The zero-order valence-electron chi connectivity index (χ0n) is 6.44. The van der Waals surface area contributed by atoms with Gasteiger partial charge in [0.1, 0.15) is 0 Å². The highest BCUT2D eigenvalue weighted by atomic mass is 16.4. The molecule has 2 aromatic heterocycles. The minimum atomic E-state index is -0.276. The molecule has 0 aliphatic carbocycles. The van der Waals surface area contributed by atoms with Crippen LogP contribution in [0.25, 0.3) is 5.71 Å². The number of nitrogen functional groups attached to an aromatic ring is 1. The number of nitrogens with zero attached hydrogens (tertiary/aromatic N) is 2. The average molecular weight is 165 g/mol. The van der Waals surface area contributed by atoms with E-state index in [9.17, 15) is 4.79 Å². The quantitative estimate of drug-likeness (QED) is 0.604. The Hall–Kier alpha value is -1.78. The van der Waals surface area contributed by atoms with E-state index in [0.29, 0.717) is 5.71 Å². The third kappa shape index (κ3) is 0.868. The summed E-state index contributed by atoms with van der Waals surface area (Å²) in [7, 11) is 0. The summed E-state index contributed by atoms with van der Waals surface area (Å²) in [4.78, 5) is 11.2. The second-order valence-electron chi connectivity index (χ2n) is 2.52. The van der Waals surface area contributed by atoms with Crippen LogP contribution >= 0.6 is 0 Å². The Bertz CT molecular complexity index is 483. The van der Waals surface area contributed by atoms with E-state index in [0.717, 1.165) is 5.69 Å². The van der Waals surface area contributed by atoms with Crippen molar-refractivity contribution in [2.45, 2.75) is 6.92 Å². The van der Waals surface area contributed by atoms with E-state index in [1.54, 1.807) is 13.0 Å². The van der Waals surface area contributed by atoms with Gasteiger partial charge < -0.3 is 10.2 Å². The van der Waals surface area contributed by atoms with E-state index in [-0.39, 0.29) is 11.4 Å². The van der Waals surface area contributed by atoms with Gasteiger partial charge in [-0.3, -0.25) is 4.79 Å². The zero-order chi connectivity index (χ0) is 8.72. The Morgan fingerprint density at radius 1 is 1.58 bits per heavy atom. The molecule has 2 heterocycles. The Morgan fingerprint density at radius 2 is 2.33 bits per heavy atom. The summed E-state index contributed by atoms with van der Waals surface area (Å²) in [6.07, 6.45) is 0. The van der Waals surface area contributed by atoms with Gasteiger partial charge in [-0.1, -0.05) is 0 Å². The maximum absolute atomic E-state index is 11.2. The van der Waals surface area contributed by atoms with E-state index in [2.05, 4.69) is 5.10 Å². The fraction of sp³-hybridized carbons (Fsp3) is 0.143. The molecule has 0 atom stereocenters. The molecule has 0 fully saturated rings. The molecular formula is C7H7N3O2. The number of hydrogen-bond acceptors (Lipinski definition) is 4. The van der Waals surface area contributed by atoms with Crippen molar-refractivity contribution in [2.24, 2.45) is 0 Å². The van der Waals surface area contributed by atoms with Gasteiger partial charge in [0.15, 0.2) is 5.88 Å². The maximum atomic E-state index is 11.2. The maximum Gasteiger partial charge on any atom is 0.279 e. The average Bonchev–Trinajstić information content (AvgIpc) is 2.29. The molecule has 2 N–H and O–H groups in total. The van der Waals surface area contributed by atoms with Crippen LogP contribution in [0.3, 0.4) is 0 Å². The van der Waals surface area contributed by atoms with Crippen LogP contribution in [0, 0.1) is 6.92 Å². The van der Waals surface area contributed by atoms with Crippen LogP contribution in [0.1, 0.15) is 5.69 Å². The van der Waals surface area contributed by atoms with Gasteiger partial charge in [0.25, 0.3) is 5.56 Å². The fourth-order valence-corrected chi connectivity index (χ4v) is 1.04. The number of hydrogen-bond donors (Lipinski definition) is 1. The van der Waals surface area contributed by atoms with Crippen LogP contribution < -0.4 is 11.3 Å². The molecule has 0 amide bonds.